The summed E-state index contributed by atoms with van der Waals surface area (Å²) in [5.41, 5.74) is 2.06. The first kappa shape index (κ1) is 7.16. The summed E-state index contributed by atoms with van der Waals surface area (Å²) in [5, 5.41) is 4.87. The molecule has 0 bridgehead atoms. The molecular formula is C9H10N2O. The molecule has 12 heavy (non-hydrogen) atoms. The van der Waals surface area contributed by atoms with Crippen molar-refractivity contribution in [2.24, 2.45) is 0 Å². The molecule has 3 heteroatoms. The molecule has 0 atom stereocenters. The second-order valence-corrected chi connectivity index (χ2v) is 2.95. The fraction of sp³-hybridized carbons (Fsp3) is 0.222. The van der Waals surface area contributed by atoms with E-state index in [-0.39, 0.29) is 0 Å². The maximum Gasteiger partial charge on any atom is 0.131 e. The van der Waals surface area contributed by atoms with Crippen LogP contribution in [0.25, 0.3) is 10.9 Å². The summed E-state index contributed by atoms with van der Waals surface area (Å²) in [6, 6.07) is 6.02. The van der Waals surface area contributed by atoms with Gasteiger partial charge in [-0.2, -0.15) is 0 Å². The minimum Gasteiger partial charge on any atom is -0.378 e. The highest BCUT2D eigenvalue weighted by Crippen LogP contribution is 2.19. The van der Waals surface area contributed by atoms with Gasteiger partial charge in [0.1, 0.15) is 11.8 Å². The van der Waals surface area contributed by atoms with Crippen LogP contribution < -0.4 is 4.90 Å². The van der Waals surface area contributed by atoms with E-state index in [4.69, 9.17) is 4.52 Å². The molecule has 0 saturated carbocycles. The molecule has 62 valence electrons. The molecule has 0 N–H and O–H groups in total. The van der Waals surface area contributed by atoms with Crippen molar-refractivity contribution in [2.45, 2.75) is 0 Å². The Morgan fingerprint density at radius 2 is 2.17 bits per heavy atom. The summed E-state index contributed by atoms with van der Waals surface area (Å²) in [6.07, 6.45) is 1.66. The van der Waals surface area contributed by atoms with Crippen LogP contribution in [0.2, 0.25) is 0 Å². The smallest absolute Gasteiger partial charge is 0.131 e. The molecule has 0 unspecified atom stereocenters. The largest absolute Gasteiger partial charge is 0.378 e. The third-order valence-corrected chi connectivity index (χ3v) is 1.86. The Kier molecular flexibility index (Phi) is 1.50. The molecule has 0 aliphatic heterocycles. The highest BCUT2D eigenvalue weighted by molar-refractivity contribution is 5.81. The van der Waals surface area contributed by atoms with E-state index in [1.54, 1.807) is 6.26 Å². The number of anilines is 1. The zero-order valence-electron chi connectivity index (χ0n) is 7.11. The number of hydrogen-bond acceptors (Lipinski definition) is 3. The van der Waals surface area contributed by atoms with Gasteiger partial charge in [0.25, 0.3) is 0 Å². The van der Waals surface area contributed by atoms with Crippen LogP contribution in [0.3, 0.4) is 0 Å². The average Bonchev–Trinajstić information content (AvgIpc) is 2.49. The lowest BCUT2D eigenvalue weighted by Gasteiger charge is -2.11. The Morgan fingerprint density at radius 3 is 2.92 bits per heavy atom. The van der Waals surface area contributed by atoms with Crippen molar-refractivity contribution in [2.75, 3.05) is 19.0 Å². The number of nitrogens with zero attached hydrogens (tertiary/aromatic N) is 2. The Morgan fingerprint density at radius 1 is 1.33 bits per heavy atom. The van der Waals surface area contributed by atoms with Crippen molar-refractivity contribution in [3.8, 4) is 0 Å². The summed E-state index contributed by atoms with van der Waals surface area (Å²) in [7, 11) is 4.02. The average molecular weight is 162 g/mol. The van der Waals surface area contributed by atoms with Crippen molar-refractivity contribution in [1.82, 2.24) is 5.16 Å². The monoisotopic (exact) mass is 162 g/mol. The minimum absolute atomic E-state index is 0.903. The highest BCUT2D eigenvalue weighted by atomic mass is 16.5. The van der Waals surface area contributed by atoms with Gasteiger partial charge < -0.3 is 9.42 Å². The van der Waals surface area contributed by atoms with Crippen LogP contribution in [0.5, 0.6) is 0 Å². The highest BCUT2D eigenvalue weighted by Gasteiger charge is 1.99. The summed E-state index contributed by atoms with van der Waals surface area (Å²) in [6.45, 7) is 0. The Labute approximate surface area is 70.6 Å². The van der Waals surface area contributed by atoms with Gasteiger partial charge in [-0.05, 0) is 18.2 Å². The van der Waals surface area contributed by atoms with Crippen LogP contribution >= 0.6 is 0 Å². The van der Waals surface area contributed by atoms with Gasteiger partial charge in [-0.25, -0.2) is 0 Å². The van der Waals surface area contributed by atoms with Crippen molar-refractivity contribution >= 4 is 16.6 Å². The lowest BCUT2D eigenvalue weighted by molar-refractivity contribution is 0.428. The second kappa shape index (κ2) is 2.52. The normalized spacial score (nSPS) is 10.5. The predicted molar refractivity (Wildman–Crippen MR) is 48.3 cm³/mol. The summed E-state index contributed by atoms with van der Waals surface area (Å²) in [5.74, 6) is 0. The van der Waals surface area contributed by atoms with Gasteiger partial charge in [-0.1, -0.05) is 5.16 Å². The zero-order chi connectivity index (χ0) is 8.55. The first-order chi connectivity index (χ1) is 5.77. The molecule has 0 spiro atoms. The van der Waals surface area contributed by atoms with Crippen LogP contribution in [-0.2, 0) is 0 Å². The van der Waals surface area contributed by atoms with Crippen LogP contribution in [0, 0.1) is 0 Å². The summed E-state index contributed by atoms with van der Waals surface area (Å²) >= 11 is 0. The maximum absolute atomic E-state index is 4.83. The molecule has 1 aromatic carbocycles. The van der Waals surface area contributed by atoms with Crippen LogP contribution in [0.1, 0.15) is 0 Å². The Hall–Kier alpha value is -1.51. The number of fused-ring (bicyclic) bond motifs is 1. The molecule has 1 aromatic heterocycles. The third-order valence-electron chi connectivity index (χ3n) is 1.86. The van der Waals surface area contributed by atoms with E-state index >= 15 is 0 Å². The first-order valence-electron chi connectivity index (χ1n) is 3.79. The number of hydrogen-bond donors (Lipinski definition) is 0. The van der Waals surface area contributed by atoms with E-state index in [9.17, 15) is 0 Å². The van der Waals surface area contributed by atoms with Gasteiger partial charge >= 0.3 is 0 Å². The van der Waals surface area contributed by atoms with Crippen molar-refractivity contribution in [3.63, 3.8) is 0 Å². The topological polar surface area (TPSA) is 29.3 Å². The van der Waals surface area contributed by atoms with E-state index in [2.05, 4.69) is 5.16 Å². The summed E-state index contributed by atoms with van der Waals surface area (Å²) in [4.78, 5) is 2.05. The van der Waals surface area contributed by atoms with E-state index in [0.29, 0.717) is 0 Å². The Bertz CT molecular complexity index is 392. The number of benzene rings is 1. The van der Waals surface area contributed by atoms with Crippen molar-refractivity contribution in [3.05, 3.63) is 24.5 Å². The molecule has 1 heterocycles. The van der Waals surface area contributed by atoms with Crippen LogP contribution in [0.15, 0.2) is 29.0 Å². The van der Waals surface area contributed by atoms with Gasteiger partial charge in [0.2, 0.25) is 0 Å². The van der Waals surface area contributed by atoms with Gasteiger partial charge in [0.15, 0.2) is 0 Å². The van der Waals surface area contributed by atoms with Gasteiger partial charge in [-0.15, -0.1) is 0 Å². The van der Waals surface area contributed by atoms with E-state index in [0.717, 1.165) is 16.6 Å². The molecule has 0 saturated heterocycles. The molecule has 0 radical (unpaired) electrons. The fourth-order valence-electron chi connectivity index (χ4n) is 1.14. The van der Waals surface area contributed by atoms with Crippen LogP contribution in [0.4, 0.5) is 5.69 Å². The van der Waals surface area contributed by atoms with E-state index in [1.807, 2.05) is 37.2 Å². The van der Waals surface area contributed by atoms with E-state index < -0.39 is 0 Å². The van der Waals surface area contributed by atoms with Crippen molar-refractivity contribution in [1.29, 1.82) is 0 Å². The minimum atomic E-state index is 0.903. The molecule has 3 nitrogen and oxygen atoms in total. The first-order valence-corrected chi connectivity index (χ1v) is 3.79. The quantitative estimate of drug-likeness (QED) is 0.641. The summed E-state index contributed by atoms with van der Waals surface area (Å²) < 4.78 is 4.83. The Balaban J connectivity index is 2.60. The lowest BCUT2D eigenvalue weighted by atomic mass is 10.2. The van der Waals surface area contributed by atoms with E-state index in [1.165, 1.54) is 0 Å². The molecule has 2 rings (SSSR count). The number of rotatable bonds is 1. The van der Waals surface area contributed by atoms with Gasteiger partial charge in [0, 0.05) is 25.2 Å². The molecule has 0 aliphatic rings. The lowest BCUT2D eigenvalue weighted by Crippen LogP contribution is -2.07. The molecule has 2 aromatic rings. The molecule has 0 amide bonds. The van der Waals surface area contributed by atoms with Crippen molar-refractivity contribution < 1.29 is 4.52 Å². The predicted octanol–water partition coefficient (Wildman–Crippen LogP) is 1.89. The van der Waals surface area contributed by atoms with Crippen LogP contribution in [-0.4, -0.2) is 19.3 Å². The van der Waals surface area contributed by atoms with Gasteiger partial charge in [0.05, 0.1) is 0 Å². The molecule has 0 fully saturated rings. The molecular weight excluding hydrogens is 152 g/mol. The molecule has 0 aliphatic carbocycles. The number of aromatic nitrogens is 1. The third kappa shape index (κ3) is 1.03. The standard InChI is InChI=1S/C9H10N2O/c1-11(2)8-3-4-9-7(5-8)6-12-10-9/h3-6H,1-2H3. The fourth-order valence-corrected chi connectivity index (χ4v) is 1.14. The second-order valence-electron chi connectivity index (χ2n) is 2.95. The SMILES string of the molecule is CN(C)c1ccc2nocc2c1. The van der Waals surface area contributed by atoms with Gasteiger partial charge in [-0.3, -0.25) is 0 Å². The maximum atomic E-state index is 4.83. The zero-order valence-corrected chi connectivity index (χ0v) is 7.11.